The molecule has 0 aliphatic carbocycles. The SMILES string of the molecule is CC(C)C(C)(C)CNC(=O)c1cccc(F)c1NN. The lowest BCUT2D eigenvalue weighted by Crippen LogP contribution is -2.37. The molecule has 0 saturated heterocycles. The number of hydrazine groups is 1. The van der Waals surface area contributed by atoms with Crippen molar-refractivity contribution in [1.29, 1.82) is 0 Å². The highest BCUT2D eigenvalue weighted by Gasteiger charge is 2.24. The fourth-order valence-electron chi connectivity index (χ4n) is 1.47. The van der Waals surface area contributed by atoms with Crippen LogP contribution in [-0.4, -0.2) is 12.5 Å². The number of hydrogen-bond donors (Lipinski definition) is 3. The highest BCUT2D eigenvalue weighted by Crippen LogP contribution is 2.25. The summed E-state index contributed by atoms with van der Waals surface area (Å²) in [5, 5.41) is 2.82. The Balaban J connectivity index is 2.83. The summed E-state index contributed by atoms with van der Waals surface area (Å²) in [6.45, 7) is 8.86. The average Bonchev–Trinajstić information content (AvgIpc) is 2.35. The van der Waals surface area contributed by atoms with E-state index < -0.39 is 5.82 Å². The summed E-state index contributed by atoms with van der Waals surface area (Å²) >= 11 is 0. The fourth-order valence-corrected chi connectivity index (χ4v) is 1.47. The van der Waals surface area contributed by atoms with Gasteiger partial charge in [-0.15, -0.1) is 0 Å². The smallest absolute Gasteiger partial charge is 0.253 e. The number of nitrogen functional groups attached to an aromatic ring is 1. The summed E-state index contributed by atoms with van der Waals surface area (Å²) in [7, 11) is 0. The molecule has 1 aromatic carbocycles. The lowest BCUT2D eigenvalue weighted by Gasteiger charge is -2.29. The summed E-state index contributed by atoms with van der Waals surface area (Å²) in [6, 6.07) is 4.28. The first kappa shape index (κ1) is 15.4. The highest BCUT2D eigenvalue weighted by molar-refractivity contribution is 5.99. The Labute approximate surface area is 113 Å². The van der Waals surface area contributed by atoms with Gasteiger partial charge in [0.1, 0.15) is 5.82 Å². The molecule has 5 heteroatoms. The van der Waals surface area contributed by atoms with Crippen molar-refractivity contribution in [3.8, 4) is 0 Å². The van der Waals surface area contributed by atoms with Gasteiger partial charge in [-0.25, -0.2) is 4.39 Å². The van der Waals surface area contributed by atoms with Crippen molar-refractivity contribution < 1.29 is 9.18 Å². The van der Waals surface area contributed by atoms with Crippen molar-refractivity contribution in [2.24, 2.45) is 17.2 Å². The predicted molar refractivity (Wildman–Crippen MR) is 75.2 cm³/mol. The second kappa shape index (κ2) is 6.02. The van der Waals surface area contributed by atoms with E-state index in [9.17, 15) is 9.18 Å². The Morgan fingerprint density at radius 3 is 2.58 bits per heavy atom. The Kier molecular flexibility index (Phi) is 4.89. The molecule has 0 aromatic heterocycles. The number of anilines is 1. The summed E-state index contributed by atoms with van der Waals surface area (Å²) in [4.78, 5) is 12.1. The topological polar surface area (TPSA) is 67.2 Å². The maximum atomic E-state index is 13.5. The Morgan fingerprint density at radius 2 is 2.05 bits per heavy atom. The minimum absolute atomic E-state index is 0.0161. The van der Waals surface area contributed by atoms with Crippen molar-refractivity contribution in [3.05, 3.63) is 29.6 Å². The summed E-state index contributed by atoms with van der Waals surface area (Å²) in [6.07, 6.45) is 0. The van der Waals surface area contributed by atoms with Gasteiger partial charge in [0.15, 0.2) is 0 Å². The number of benzene rings is 1. The van der Waals surface area contributed by atoms with E-state index in [1.807, 2.05) is 0 Å². The van der Waals surface area contributed by atoms with Crippen molar-refractivity contribution >= 4 is 11.6 Å². The van der Waals surface area contributed by atoms with Crippen molar-refractivity contribution in [1.82, 2.24) is 5.32 Å². The molecule has 0 radical (unpaired) electrons. The standard InChI is InChI=1S/C14H22FN3O/c1-9(2)14(3,4)8-17-13(19)10-6-5-7-11(15)12(10)18-16/h5-7,9,18H,8,16H2,1-4H3,(H,17,19). The van der Waals surface area contributed by atoms with Crippen LogP contribution >= 0.6 is 0 Å². The maximum Gasteiger partial charge on any atom is 0.253 e. The van der Waals surface area contributed by atoms with Crippen LogP contribution in [0.2, 0.25) is 0 Å². The number of halogens is 1. The molecule has 1 amide bonds. The zero-order chi connectivity index (χ0) is 14.6. The molecule has 0 heterocycles. The van der Waals surface area contributed by atoms with Crippen LogP contribution < -0.4 is 16.6 Å². The van der Waals surface area contributed by atoms with Crippen molar-refractivity contribution in [3.63, 3.8) is 0 Å². The molecule has 0 aliphatic rings. The Bertz CT molecular complexity index is 458. The van der Waals surface area contributed by atoms with Gasteiger partial charge in [-0.1, -0.05) is 33.8 Å². The molecule has 0 unspecified atom stereocenters. The van der Waals surface area contributed by atoms with Crippen LogP contribution in [0.25, 0.3) is 0 Å². The average molecular weight is 267 g/mol. The summed E-state index contributed by atoms with van der Waals surface area (Å²) in [5.41, 5.74) is 2.43. The normalized spacial score (nSPS) is 11.5. The molecule has 0 bridgehead atoms. The van der Waals surface area contributed by atoms with Gasteiger partial charge in [0.25, 0.3) is 5.91 Å². The molecule has 4 N–H and O–H groups in total. The second-order valence-electron chi connectivity index (χ2n) is 5.63. The van der Waals surface area contributed by atoms with E-state index in [1.165, 1.54) is 18.2 Å². The van der Waals surface area contributed by atoms with Crippen LogP contribution in [0.5, 0.6) is 0 Å². The minimum atomic E-state index is -0.543. The van der Waals surface area contributed by atoms with Gasteiger partial charge in [-0.05, 0) is 23.5 Å². The van der Waals surface area contributed by atoms with Crippen LogP contribution in [0.1, 0.15) is 38.1 Å². The zero-order valence-electron chi connectivity index (χ0n) is 11.9. The maximum absolute atomic E-state index is 13.5. The number of hydrogen-bond acceptors (Lipinski definition) is 3. The van der Waals surface area contributed by atoms with Gasteiger partial charge in [0, 0.05) is 6.54 Å². The van der Waals surface area contributed by atoms with Gasteiger partial charge < -0.3 is 10.7 Å². The van der Waals surface area contributed by atoms with Gasteiger partial charge in [0.05, 0.1) is 11.3 Å². The minimum Gasteiger partial charge on any atom is -0.351 e. The van der Waals surface area contributed by atoms with Crippen molar-refractivity contribution in [2.45, 2.75) is 27.7 Å². The Morgan fingerprint density at radius 1 is 1.42 bits per heavy atom. The lowest BCUT2D eigenvalue weighted by atomic mass is 9.81. The van der Waals surface area contributed by atoms with Gasteiger partial charge in [0.2, 0.25) is 0 Å². The third kappa shape index (κ3) is 3.67. The fraction of sp³-hybridized carbons (Fsp3) is 0.500. The molecule has 0 saturated carbocycles. The van der Waals surface area contributed by atoms with Crippen LogP contribution in [0, 0.1) is 17.2 Å². The molecule has 4 nitrogen and oxygen atoms in total. The van der Waals surface area contributed by atoms with Gasteiger partial charge in [-0.3, -0.25) is 10.6 Å². The molecule has 106 valence electrons. The number of nitrogens with two attached hydrogens (primary N) is 1. The largest absolute Gasteiger partial charge is 0.351 e. The first-order valence-electron chi connectivity index (χ1n) is 6.33. The first-order chi connectivity index (χ1) is 8.79. The molecule has 19 heavy (non-hydrogen) atoms. The molecule has 0 atom stereocenters. The Hall–Kier alpha value is -1.62. The number of nitrogens with one attached hydrogen (secondary N) is 2. The number of amides is 1. The number of para-hydroxylation sites is 1. The molecule has 1 aromatic rings. The van der Waals surface area contributed by atoms with E-state index in [0.717, 1.165) is 0 Å². The molecular weight excluding hydrogens is 245 g/mol. The second-order valence-corrected chi connectivity index (χ2v) is 5.63. The van der Waals surface area contributed by atoms with Crippen LogP contribution in [0.15, 0.2) is 18.2 Å². The van der Waals surface area contributed by atoms with Crippen LogP contribution in [0.3, 0.4) is 0 Å². The van der Waals surface area contributed by atoms with E-state index in [-0.39, 0.29) is 22.6 Å². The van der Waals surface area contributed by atoms with E-state index in [1.54, 1.807) is 0 Å². The third-order valence-corrected chi connectivity index (χ3v) is 3.67. The van der Waals surface area contributed by atoms with Crippen molar-refractivity contribution in [2.75, 3.05) is 12.0 Å². The van der Waals surface area contributed by atoms with Gasteiger partial charge in [-0.2, -0.15) is 0 Å². The van der Waals surface area contributed by atoms with E-state index >= 15 is 0 Å². The quantitative estimate of drug-likeness (QED) is 0.567. The molecule has 1 rings (SSSR count). The molecule has 0 aliphatic heterocycles. The third-order valence-electron chi connectivity index (χ3n) is 3.67. The van der Waals surface area contributed by atoms with E-state index in [0.29, 0.717) is 12.5 Å². The van der Waals surface area contributed by atoms with Crippen LogP contribution in [-0.2, 0) is 0 Å². The number of carbonyl (C=O) groups is 1. The predicted octanol–water partition coefficient (Wildman–Crippen LogP) is 2.52. The van der Waals surface area contributed by atoms with Crippen LogP contribution in [0.4, 0.5) is 10.1 Å². The summed E-state index contributed by atoms with van der Waals surface area (Å²) < 4.78 is 13.5. The van der Waals surface area contributed by atoms with E-state index in [4.69, 9.17) is 5.84 Å². The van der Waals surface area contributed by atoms with Gasteiger partial charge >= 0.3 is 0 Å². The highest BCUT2D eigenvalue weighted by atomic mass is 19.1. The summed E-state index contributed by atoms with van der Waals surface area (Å²) in [5.74, 6) is 4.80. The lowest BCUT2D eigenvalue weighted by molar-refractivity contribution is 0.0925. The number of rotatable bonds is 5. The molecule has 0 fully saturated rings. The number of carbonyl (C=O) groups excluding carboxylic acids is 1. The first-order valence-corrected chi connectivity index (χ1v) is 6.33. The monoisotopic (exact) mass is 267 g/mol. The zero-order valence-corrected chi connectivity index (χ0v) is 11.9. The van der Waals surface area contributed by atoms with E-state index in [2.05, 4.69) is 38.4 Å². The molecular formula is C14H22FN3O. The molecule has 0 spiro atoms.